The van der Waals surface area contributed by atoms with Gasteiger partial charge < -0.3 is 20.3 Å². The Labute approximate surface area is 161 Å². The van der Waals surface area contributed by atoms with Crippen LogP contribution in [0.25, 0.3) is 0 Å². The number of para-hydroxylation sites is 1. The van der Waals surface area contributed by atoms with Crippen molar-refractivity contribution >= 4 is 29.0 Å². The zero-order valence-electron chi connectivity index (χ0n) is 15.8. The lowest BCUT2D eigenvalue weighted by Gasteiger charge is -2.26. The molecule has 1 aliphatic rings. The molecule has 0 saturated heterocycles. The molecule has 148 valence electrons. The van der Waals surface area contributed by atoms with Gasteiger partial charge in [-0.1, -0.05) is 6.07 Å². The van der Waals surface area contributed by atoms with Crippen LogP contribution >= 0.6 is 0 Å². The number of nitrogens with one attached hydrogen (secondary N) is 2. The molecule has 1 aliphatic heterocycles. The topological polar surface area (TPSA) is 70.7 Å². The normalized spacial score (nSPS) is 15.3. The number of hydrogen-bond donors (Lipinski definition) is 2. The van der Waals surface area contributed by atoms with Crippen LogP contribution in [0, 0.1) is 17.0 Å². The van der Waals surface area contributed by atoms with Crippen molar-refractivity contribution in [2.45, 2.75) is 20.8 Å². The van der Waals surface area contributed by atoms with E-state index in [0.717, 1.165) is 12.1 Å². The molecule has 2 aromatic rings. The van der Waals surface area contributed by atoms with Crippen LogP contribution in [-0.2, 0) is 4.79 Å². The summed E-state index contributed by atoms with van der Waals surface area (Å²) in [6, 6.07) is 7.33. The molecule has 0 saturated carbocycles. The van der Waals surface area contributed by atoms with Gasteiger partial charge >= 0.3 is 6.03 Å². The van der Waals surface area contributed by atoms with Gasteiger partial charge in [0.2, 0.25) is 5.91 Å². The van der Waals surface area contributed by atoms with Crippen LogP contribution in [0.1, 0.15) is 20.8 Å². The van der Waals surface area contributed by atoms with E-state index in [2.05, 4.69) is 10.6 Å². The predicted molar refractivity (Wildman–Crippen MR) is 103 cm³/mol. The van der Waals surface area contributed by atoms with E-state index in [0.29, 0.717) is 23.7 Å². The van der Waals surface area contributed by atoms with Crippen LogP contribution in [0.3, 0.4) is 0 Å². The molecule has 3 rings (SSSR count). The highest BCUT2D eigenvalue weighted by molar-refractivity contribution is 6.02. The van der Waals surface area contributed by atoms with E-state index in [1.54, 1.807) is 36.9 Å². The maximum atomic E-state index is 13.7. The van der Waals surface area contributed by atoms with Crippen molar-refractivity contribution in [3.63, 3.8) is 0 Å². The molecule has 0 fully saturated rings. The Morgan fingerprint density at radius 1 is 1.18 bits per heavy atom. The smallest absolute Gasteiger partial charge is 0.323 e. The highest BCUT2D eigenvalue weighted by atomic mass is 19.1. The monoisotopic (exact) mass is 389 g/mol. The number of halogens is 2. The lowest BCUT2D eigenvalue weighted by atomic mass is 9.93. The number of fused-ring (bicyclic) bond motifs is 1. The SMILES string of the molecule is CCN1C(=O)C(C)(C)COc2cc(NC(=O)Nc3c(F)cccc3F)ccc21. The molecule has 0 atom stereocenters. The highest BCUT2D eigenvalue weighted by Crippen LogP contribution is 2.38. The minimum absolute atomic E-state index is 0.0535. The molecule has 0 unspecified atom stereocenters. The molecule has 0 spiro atoms. The number of hydrogen-bond acceptors (Lipinski definition) is 3. The Hall–Kier alpha value is -3.16. The van der Waals surface area contributed by atoms with E-state index < -0.39 is 28.8 Å². The summed E-state index contributed by atoms with van der Waals surface area (Å²) in [7, 11) is 0. The van der Waals surface area contributed by atoms with E-state index in [1.165, 1.54) is 6.07 Å². The fourth-order valence-electron chi connectivity index (χ4n) is 2.93. The number of rotatable bonds is 3. The quantitative estimate of drug-likeness (QED) is 0.818. The maximum Gasteiger partial charge on any atom is 0.323 e. The van der Waals surface area contributed by atoms with Crippen LogP contribution < -0.4 is 20.3 Å². The number of amides is 3. The van der Waals surface area contributed by atoms with E-state index >= 15 is 0 Å². The van der Waals surface area contributed by atoms with Gasteiger partial charge in [0.05, 0.1) is 11.1 Å². The van der Waals surface area contributed by atoms with Crippen molar-refractivity contribution in [2.75, 3.05) is 28.7 Å². The third-order valence-electron chi connectivity index (χ3n) is 4.44. The average molecular weight is 389 g/mol. The first-order chi connectivity index (χ1) is 13.2. The molecule has 28 heavy (non-hydrogen) atoms. The predicted octanol–water partition coefficient (Wildman–Crippen LogP) is 4.38. The first kappa shape index (κ1) is 19.6. The van der Waals surface area contributed by atoms with E-state index in [9.17, 15) is 18.4 Å². The first-order valence-electron chi connectivity index (χ1n) is 8.84. The van der Waals surface area contributed by atoms with Crippen LogP contribution in [0.4, 0.5) is 30.6 Å². The number of benzene rings is 2. The number of urea groups is 1. The zero-order chi connectivity index (χ0) is 20.5. The standard InChI is InChI=1S/C20H21F2N3O3/c1-4-25-15-9-8-12(10-16(15)28-11-20(2,3)18(25)26)23-19(27)24-17-13(21)6-5-7-14(17)22/h5-10H,4,11H2,1-3H3,(H2,23,24,27). The van der Waals surface area contributed by atoms with E-state index in [1.807, 2.05) is 6.92 Å². The lowest BCUT2D eigenvalue weighted by Crippen LogP contribution is -2.42. The molecule has 0 aliphatic carbocycles. The van der Waals surface area contributed by atoms with Gasteiger partial charge in [-0.3, -0.25) is 4.79 Å². The molecular weight excluding hydrogens is 368 g/mol. The van der Waals surface area contributed by atoms with Crippen LogP contribution in [0.2, 0.25) is 0 Å². The van der Waals surface area contributed by atoms with Gasteiger partial charge in [0.1, 0.15) is 29.7 Å². The molecule has 2 N–H and O–H groups in total. The molecule has 0 aromatic heterocycles. The third kappa shape index (κ3) is 3.76. The van der Waals surface area contributed by atoms with Gasteiger partial charge in [-0.2, -0.15) is 0 Å². The summed E-state index contributed by atoms with van der Waals surface area (Å²) in [5.41, 5.74) is -0.265. The second-order valence-corrected chi connectivity index (χ2v) is 7.08. The van der Waals surface area contributed by atoms with Crippen molar-refractivity contribution in [1.82, 2.24) is 0 Å². The summed E-state index contributed by atoms with van der Waals surface area (Å²) in [4.78, 5) is 26.4. The number of ether oxygens (including phenoxy) is 1. The number of carbonyl (C=O) groups excluding carboxylic acids is 2. The molecule has 0 bridgehead atoms. The summed E-state index contributed by atoms with van der Waals surface area (Å²) in [6.07, 6.45) is 0. The Balaban J connectivity index is 1.81. The molecule has 1 heterocycles. The maximum absolute atomic E-state index is 13.7. The van der Waals surface area contributed by atoms with Crippen LogP contribution in [0.5, 0.6) is 5.75 Å². The molecule has 2 aromatic carbocycles. The molecule has 3 amide bonds. The van der Waals surface area contributed by atoms with Crippen molar-refractivity contribution < 1.29 is 23.1 Å². The number of anilines is 3. The number of carbonyl (C=O) groups is 2. The van der Waals surface area contributed by atoms with Gasteiger partial charge in [0.15, 0.2) is 0 Å². The second-order valence-electron chi connectivity index (χ2n) is 7.08. The Morgan fingerprint density at radius 3 is 2.50 bits per heavy atom. The average Bonchev–Trinajstić information content (AvgIpc) is 2.73. The molecule has 6 nitrogen and oxygen atoms in total. The van der Waals surface area contributed by atoms with Crippen LogP contribution in [-0.4, -0.2) is 25.1 Å². The van der Waals surface area contributed by atoms with Crippen molar-refractivity contribution in [3.8, 4) is 5.75 Å². The van der Waals surface area contributed by atoms with Gasteiger partial charge in [0.25, 0.3) is 0 Å². The summed E-state index contributed by atoms with van der Waals surface area (Å²) in [6.45, 7) is 6.13. The van der Waals surface area contributed by atoms with Crippen molar-refractivity contribution in [1.29, 1.82) is 0 Å². The fourth-order valence-corrected chi connectivity index (χ4v) is 2.93. The minimum Gasteiger partial charge on any atom is -0.490 e. The second kappa shape index (κ2) is 7.46. The largest absolute Gasteiger partial charge is 0.490 e. The Morgan fingerprint density at radius 2 is 1.86 bits per heavy atom. The van der Waals surface area contributed by atoms with E-state index in [4.69, 9.17) is 4.74 Å². The molecule has 0 radical (unpaired) electrons. The summed E-state index contributed by atoms with van der Waals surface area (Å²) >= 11 is 0. The van der Waals surface area contributed by atoms with E-state index in [-0.39, 0.29) is 12.5 Å². The summed E-state index contributed by atoms with van der Waals surface area (Å²) in [5, 5.41) is 4.67. The van der Waals surface area contributed by atoms with Gasteiger partial charge in [-0.05, 0) is 45.0 Å². The van der Waals surface area contributed by atoms with Gasteiger partial charge in [-0.25, -0.2) is 13.6 Å². The number of nitrogens with zero attached hydrogens (tertiary/aromatic N) is 1. The fraction of sp³-hybridized carbons (Fsp3) is 0.300. The highest BCUT2D eigenvalue weighted by Gasteiger charge is 2.37. The Kier molecular flexibility index (Phi) is 5.22. The molecular formula is C20H21F2N3O3. The zero-order valence-corrected chi connectivity index (χ0v) is 15.8. The summed E-state index contributed by atoms with van der Waals surface area (Å²) in [5.74, 6) is -1.36. The van der Waals surface area contributed by atoms with Gasteiger partial charge in [0, 0.05) is 18.3 Å². The molecule has 8 heteroatoms. The third-order valence-corrected chi connectivity index (χ3v) is 4.44. The lowest BCUT2D eigenvalue weighted by molar-refractivity contribution is -0.127. The minimum atomic E-state index is -0.875. The van der Waals surface area contributed by atoms with Crippen molar-refractivity contribution in [2.24, 2.45) is 5.41 Å². The van der Waals surface area contributed by atoms with Crippen LogP contribution in [0.15, 0.2) is 36.4 Å². The Bertz CT molecular complexity index is 911. The summed E-state index contributed by atoms with van der Waals surface area (Å²) < 4.78 is 33.1. The van der Waals surface area contributed by atoms with Crippen molar-refractivity contribution in [3.05, 3.63) is 48.0 Å². The first-order valence-corrected chi connectivity index (χ1v) is 8.84. The van der Waals surface area contributed by atoms with Gasteiger partial charge in [-0.15, -0.1) is 0 Å².